The van der Waals surface area contributed by atoms with Gasteiger partial charge < -0.3 is 5.73 Å². The maximum atomic E-state index is 6.01. The molecule has 0 saturated heterocycles. The van der Waals surface area contributed by atoms with Gasteiger partial charge in [-0.1, -0.05) is 18.2 Å². The lowest BCUT2D eigenvalue weighted by molar-refractivity contribution is 0.171. The van der Waals surface area contributed by atoms with Crippen molar-refractivity contribution in [1.82, 2.24) is 4.90 Å². The maximum Gasteiger partial charge on any atom is 0.0470 e. The number of benzene rings is 1. The average Bonchev–Trinajstić information content (AvgIpc) is 3.17. The molecule has 2 N–H and O–H groups in total. The second-order valence-electron chi connectivity index (χ2n) is 5.84. The van der Waals surface area contributed by atoms with Crippen LogP contribution in [0.25, 0.3) is 0 Å². The van der Waals surface area contributed by atoms with Crippen LogP contribution in [0.4, 0.5) is 0 Å². The van der Waals surface area contributed by atoms with E-state index < -0.39 is 0 Å². The molecule has 1 saturated carbocycles. The third kappa shape index (κ3) is 2.76. The molecule has 0 bridgehead atoms. The number of likely N-dealkylation sites (N-methyl/N-ethyl adjacent to an activating group) is 1. The largest absolute Gasteiger partial charge is 0.329 e. The number of aryl methyl sites for hydroxylation is 2. The molecule has 18 heavy (non-hydrogen) atoms. The van der Waals surface area contributed by atoms with Gasteiger partial charge in [0, 0.05) is 18.6 Å². The third-order valence-electron chi connectivity index (χ3n) is 4.58. The van der Waals surface area contributed by atoms with Crippen molar-refractivity contribution in [3.63, 3.8) is 0 Å². The van der Waals surface area contributed by atoms with E-state index in [1.165, 1.54) is 29.5 Å². The summed E-state index contributed by atoms with van der Waals surface area (Å²) in [6, 6.07) is 7.72. The summed E-state index contributed by atoms with van der Waals surface area (Å²) in [5, 5.41) is 0. The zero-order valence-electron chi connectivity index (χ0n) is 12.1. The maximum absolute atomic E-state index is 6.01. The molecule has 0 aliphatic heterocycles. The summed E-state index contributed by atoms with van der Waals surface area (Å²) < 4.78 is 0. The molecule has 2 unspecified atom stereocenters. The van der Waals surface area contributed by atoms with Crippen molar-refractivity contribution in [1.29, 1.82) is 0 Å². The number of hydrogen-bond acceptors (Lipinski definition) is 2. The molecule has 0 spiro atoms. The van der Waals surface area contributed by atoms with Crippen LogP contribution in [0.1, 0.15) is 42.5 Å². The molecule has 1 aromatic carbocycles. The zero-order chi connectivity index (χ0) is 13.3. The van der Waals surface area contributed by atoms with E-state index in [4.69, 9.17) is 5.73 Å². The van der Waals surface area contributed by atoms with Gasteiger partial charge in [0.1, 0.15) is 0 Å². The Morgan fingerprint density at radius 3 is 2.44 bits per heavy atom. The SMILES string of the molecule is Cc1ccc(C(CN)N(C)C(C)C2CC2)cc1C. The predicted molar refractivity (Wildman–Crippen MR) is 77.7 cm³/mol. The van der Waals surface area contributed by atoms with Crippen molar-refractivity contribution >= 4 is 0 Å². The predicted octanol–water partition coefficient (Wildman–Crippen LogP) is 3.03. The minimum Gasteiger partial charge on any atom is -0.329 e. The van der Waals surface area contributed by atoms with E-state index in [-0.39, 0.29) is 0 Å². The van der Waals surface area contributed by atoms with Crippen LogP contribution < -0.4 is 5.73 Å². The van der Waals surface area contributed by atoms with Gasteiger partial charge in [0.15, 0.2) is 0 Å². The first-order chi connectivity index (χ1) is 8.54. The summed E-state index contributed by atoms with van der Waals surface area (Å²) >= 11 is 0. The van der Waals surface area contributed by atoms with Gasteiger partial charge in [0.2, 0.25) is 0 Å². The van der Waals surface area contributed by atoms with Crippen LogP contribution in [0.2, 0.25) is 0 Å². The molecular formula is C16H26N2. The van der Waals surface area contributed by atoms with Crippen LogP contribution in [0, 0.1) is 19.8 Å². The van der Waals surface area contributed by atoms with E-state index in [9.17, 15) is 0 Å². The Kier molecular flexibility index (Phi) is 4.08. The lowest BCUT2D eigenvalue weighted by Crippen LogP contribution is -2.38. The second-order valence-corrected chi connectivity index (χ2v) is 5.84. The van der Waals surface area contributed by atoms with Crippen LogP contribution in [0.15, 0.2) is 18.2 Å². The highest BCUT2D eigenvalue weighted by molar-refractivity contribution is 5.32. The first-order valence-electron chi connectivity index (χ1n) is 7.03. The summed E-state index contributed by atoms with van der Waals surface area (Å²) in [6.07, 6.45) is 2.77. The fourth-order valence-electron chi connectivity index (χ4n) is 2.70. The van der Waals surface area contributed by atoms with E-state index in [1.807, 2.05) is 0 Å². The Hall–Kier alpha value is -0.860. The Labute approximate surface area is 111 Å². The van der Waals surface area contributed by atoms with Gasteiger partial charge in [-0.25, -0.2) is 0 Å². The molecule has 1 aromatic rings. The van der Waals surface area contributed by atoms with E-state index >= 15 is 0 Å². The quantitative estimate of drug-likeness (QED) is 0.865. The van der Waals surface area contributed by atoms with Crippen molar-refractivity contribution in [3.05, 3.63) is 34.9 Å². The first kappa shape index (κ1) is 13.6. The molecule has 1 aliphatic carbocycles. The molecule has 2 atom stereocenters. The van der Waals surface area contributed by atoms with Gasteiger partial charge in [0.05, 0.1) is 0 Å². The standard InChI is InChI=1S/C16H26N2/c1-11-5-6-15(9-12(11)2)16(10-17)18(4)13(3)14-7-8-14/h5-6,9,13-14,16H,7-8,10,17H2,1-4H3. The molecule has 2 rings (SSSR count). The monoisotopic (exact) mass is 246 g/mol. The minimum atomic E-state index is 0.347. The van der Waals surface area contributed by atoms with Crippen molar-refractivity contribution < 1.29 is 0 Å². The highest BCUT2D eigenvalue weighted by Crippen LogP contribution is 2.37. The fraction of sp³-hybridized carbons (Fsp3) is 0.625. The molecule has 0 radical (unpaired) electrons. The molecule has 1 aliphatic rings. The normalized spacial score (nSPS) is 19.0. The number of nitrogens with zero attached hydrogens (tertiary/aromatic N) is 1. The summed E-state index contributed by atoms with van der Waals surface area (Å²) in [6.45, 7) is 7.36. The molecule has 0 heterocycles. The lowest BCUT2D eigenvalue weighted by atomic mass is 9.98. The third-order valence-corrected chi connectivity index (χ3v) is 4.58. The Morgan fingerprint density at radius 1 is 1.28 bits per heavy atom. The molecule has 100 valence electrons. The van der Waals surface area contributed by atoms with Gasteiger partial charge >= 0.3 is 0 Å². The summed E-state index contributed by atoms with van der Waals surface area (Å²) in [4.78, 5) is 2.46. The molecule has 1 fully saturated rings. The van der Waals surface area contributed by atoms with Crippen molar-refractivity contribution in [2.75, 3.05) is 13.6 Å². The highest BCUT2D eigenvalue weighted by Gasteiger charge is 2.33. The molecular weight excluding hydrogens is 220 g/mol. The smallest absolute Gasteiger partial charge is 0.0470 e. The van der Waals surface area contributed by atoms with Crippen LogP contribution >= 0.6 is 0 Å². The number of hydrogen-bond donors (Lipinski definition) is 1. The van der Waals surface area contributed by atoms with Crippen LogP contribution in [0.5, 0.6) is 0 Å². The number of nitrogens with two attached hydrogens (primary N) is 1. The van der Waals surface area contributed by atoms with Crippen molar-refractivity contribution in [2.24, 2.45) is 11.7 Å². The average molecular weight is 246 g/mol. The van der Waals surface area contributed by atoms with Gasteiger partial charge in [-0.2, -0.15) is 0 Å². The Morgan fingerprint density at radius 2 is 1.94 bits per heavy atom. The minimum absolute atomic E-state index is 0.347. The van der Waals surface area contributed by atoms with Gasteiger partial charge in [-0.05, 0) is 63.3 Å². The van der Waals surface area contributed by atoms with Gasteiger partial charge in [0.25, 0.3) is 0 Å². The van der Waals surface area contributed by atoms with Gasteiger partial charge in [-0.3, -0.25) is 4.90 Å². The molecule has 2 nitrogen and oxygen atoms in total. The second kappa shape index (κ2) is 5.41. The van der Waals surface area contributed by atoms with Crippen LogP contribution in [0.3, 0.4) is 0 Å². The highest BCUT2D eigenvalue weighted by atomic mass is 15.2. The van der Waals surface area contributed by atoms with Crippen molar-refractivity contribution in [2.45, 2.75) is 45.7 Å². The van der Waals surface area contributed by atoms with E-state index in [1.54, 1.807) is 0 Å². The van der Waals surface area contributed by atoms with Gasteiger partial charge in [-0.15, -0.1) is 0 Å². The van der Waals surface area contributed by atoms with E-state index in [2.05, 4.69) is 50.9 Å². The van der Waals surface area contributed by atoms with Crippen LogP contribution in [-0.2, 0) is 0 Å². The fourth-order valence-corrected chi connectivity index (χ4v) is 2.70. The summed E-state index contributed by atoms with van der Waals surface area (Å²) in [5.41, 5.74) is 10.1. The summed E-state index contributed by atoms with van der Waals surface area (Å²) in [5.74, 6) is 0.885. The molecule has 2 heteroatoms. The van der Waals surface area contributed by atoms with Crippen LogP contribution in [-0.4, -0.2) is 24.5 Å². The van der Waals surface area contributed by atoms with E-state index in [0.29, 0.717) is 18.6 Å². The Bertz CT molecular complexity index is 410. The zero-order valence-corrected chi connectivity index (χ0v) is 12.1. The number of rotatable bonds is 5. The Balaban J connectivity index is 2.18. The molecule has 0 aromatic heterocycles. The topological polar surface area (TPSA) is 29.3 Å². The summed E-state index contributed by atoms with van der Waals surface area (Å²) in [7, 11) is 2.22. The van der Waals surface area contributed by atoms with Crippen molar-refractivity contribution in [3.8, 4) is 0 Å². The molecule has 0 amide bonds. The van der Waals surface area contributed by atoms with E-state index in [0.717, 1.165) is 5.92 Å². The first-order valence-corrected chi connectivity index (χ1v) is 7.03. The lowest BCUT2D eigenvalue weighted by Gasteiger charge is -2.33.